The molecule has 0 bridgehead atoms. The van der Waals surface area contributed by atoms with Crippen molar-refractivity contribution in [2.24, 2.45) is 0 Å². The van der Waals surface area contributed by atoms with E-state index in [9.17, 15) is 4.79 Å². The van der Waals surface area contributed by atoms with E-state index >= 15 is 0 Å². The van der Waals surface area contributed by atoms with E-state index in [1.807, 2.05) is 6.07 Å². The number of nitrogens with zero attached hydrogens (tertiary/aromatic N) is 2. The Morgan fingerprint density at radius 2 is 2.29 bits per heavy atom. The molecule has 2 rings (SSSR count). The number of methoxy groups -OCH3 is 1. The van der Waals surface area contributed by atoms with Gasteiger partial charge in [0.25, 0.3) is 5.56 Å². The van der Waals surface area contributed by atoms with Crippen molar-refractivity contribution in [3.05, 3.63) is 34.7 Å². The summed E-state index contributed by atoms with van der Waals surface area (Å²) in [4.78, 5) is 15.8. The molecule has 2 aromatic rings. The quantitative estimate of drug-likeness (QED) is 0.849. The third kappa shape index (κ3) is 2.29. The summed E-state index contributed by atoms with van der Waals surface area (Å²) >= 11 is 0. The van der Waals surface area contributed by atoms with Crippen molar-refractivity contribution in [3.8, 4) is 5.75 Å². The average molecular weight is 234 g/mol. The van der Waals surface area contributed by atoms with Crippen LogP contribution in [0.3, 0.4) is 0 Å². The highest BCUT2D eigenvalue weighted by Crippen LogP contribution is 2.17. The molecule has 0 radical (unpaired) electrons. The molecule has 5 heteroatoms. The fourth-order valence-corrected chi connectivity index (χ4v) is 1.73. The van der Waals surface area contributed by atoms with E-state index in [4.69, 9.17) is 9.84 Å². The first-order chi connectivity index (χ1) is 8.26. The van der Waals surface area contributed by atoms with Gasteiger partial charge < -0.3 is 14.4 Å². The van der Waals surface area contributed by atoms with Gasteiger partial charge in [0.2, 0.25) is 0 Å². The number of aromatic nitrogens is 2. The molecule has 90 valence electrons. The van der Waals surface area contributed by atoms with Crippen LogP contribution in [0, 0.1) is 0 Å². The number of hydrogen-bond acceptors (Lipinski definition) is 4. The van der Waals surface area contributed by atoms with Gasteiger partial charge in [-0.05, 0) is 18.6 Å². The fourth-order valence-electron chi connectivity index (χ4n) is 1.73. The lowest BCUT2D eigenvalue weighted by molar-refractivity contribution is 0.280. The van der Waals surface area contributed by atoms with Crippen LogP contribution in [0.5, 0.6) is 5.75 Å². The zero-order chi connectivity index (χ0) is 12.3. The third-order valence-corrected chi connectivity index (χ3v) is 2.59. The van der Waals surface area contributed by atoms with Gasteiger partial charge >= 0.3 is 0 Å². The van der Waals surface area contributed by atoms with Crippen LogP contribution in [0.4, 0.5) is 0 Å². The van der Waals surface area contributed by atoms with Crippen molar-refractivity contribution in [2.75, 3.05) is 13.7 Å². The van der Waals surface area contributed by atoms with Crippen LogP contribution < -0.4 is 10.3 Å². The second kappa shape index (κ2) is 4.97. The highest BCUT2D eigenvalue weighted by molar-refractivity contribution is 5.76. The molecule has 17 heavy (non-hydrogen) atoms. The summed E-state index contributed by atoms with van der Waals surface area (Å²) in [6, 6.07) is 5.39. The van der Waals surface area contributed by atoms with Crippen molar-refractivity contribution in [3.63, 3.8) is 0 Å². The molecule has 0 aliphatic heterocycles. The molecule has 0 saturated carbocycles. The first-order valence-electron chi connectivity index (χ1n) is 5.40. The SMILES string of the molecule is COc1ccc2ncc(=O)n(CCCO)c2c1. The van der Waals surface area contributed by atoms with Crippen LogP contribution in [0.1, 0.15) is 6.42 Å². The Hall–Kier alpha value is -1.88. The topological polar surface area (TPSA) is 64.3 Å². The lowest BCUT2D eigenvalue weighted by Crippen LogP contribution is -2.21. The molecule has 1 N–H and O–H groups in total. The molecular weight excluding hydrogens is 220 g/mol. The van der Waals surface area contributed by atoms with Gasteiger partial charge in [-0.25, -0.2) is 4.98 Å². The van der Waals surface area contributed by atoms with E-state index in [2.05, 4.69) is 4.98 Å². The maximum absolute atomic E-state index is 11.7. The third-order valence-electron chi connectivity index (χ3n) is 2.59. The van der Waals surface area contributed by atoms with Crippen LogP contribution >= 0.6 is 0 Å². The highest BCUT2D eigenvalue weighted by atomic mass is 16.5. The zero-order valence-electron chi connectivity index (χ0n) is 9.59. The van der Waals surface area contributed by atoms with Gasteiger partial charge in [0.15, 0.2) is 0 Å². The first kappa shape index (κ1) is 11.6. The summed E-state index contributed by atoms with van der Waals surface area (Å²) in [5.74, 6) is 0.683. The van der Waals surface area contributed by atoms with Gasteiger partial charge in [0.1, 0.15) is 5.75 Å². The number of fused-ring (bicyclic) bond motifs is 1. The lowest BCUT2D eigenvalue weighted by Gasteiger charge is -2.09. The summed E-state index contributed by atoms with van der Waals surface area (Å²) in [7, 11) is 1.58. The molecule has 0 amide bonds. The Labute approximate surface area is 98.3 Å². The van der Waals surface area contributed by atoms with Crippen LogP contribution in [0.2, 0.25) is 0 Å². The number of hydrogen-bond donors (Lipinski definition) is 1. The minimum atomic E-state index is -0.167. The molecule has 5 nitrogen and oxygen atoms in total. The van der Waals surface area contributed by atoms with E-state index in [1.54, 1.807) is 23.8 Å². The molecule has 0 aliphatic rings. The number of aliphatic hydroxyl groups excluding tert-OH is 1. The highest BCUT2D eigenvalue weighted by Gasteiger charge is 2.05. The molecule has 0 unspecified atom stereocenters. The largest absolute Gasteiger partial charge is 0.497 e. The molecule has 0 fully saturated rings. The second-order valence-electron chi connectivity index (χ2n) is 3.68. The fraction of sp³-hybridized carbons (Fsp3) is 0.333. The summed E-state index contributed by atoms with van der Waals surface area (Å²) < 4.78 is 6.73. The van der Waals surface area contributed by atoms with Gasteiger partial charge in [-0.3, -0.25) is 4.79 Å². The average Bonchev–Trinajstić information content (AvgIpc) is 2.37. The zero-order valence-corrected chi connectivity index (χ0v) is 9.59. The van der Waals surface area contributed by atoms with Crippen molar-refractivity contribution in [2.45, 2.75) is 13.0 Å². The Kier molecular flexibility index (Phi) is 3.39. The van der Waals surface area contributed by atoms with Crippen molar-refractivity contribution in [1.82, 2.24) is 9.55 Å². The summed E-state index contributed by atoms with van der Waals surface area (Å²) in [5.41, 5.74) is 1.30. The maximum atomic E-state index is 11.7. The van der Waals surface area contributed by atoms with E-state index in [-0.39, 0.29) is 12.2 Å². The number of aliphatic hydroxyl groups is 1. The Bertz CT molecular complexity index is 577. The summed E-state index contributed by atoms with van der Waals surface area (Å²) in [6.45, 7) is 0.530. The Balaban J connectivity index is 2.60. The molecule has 0 saturated heterocycles. The smallest absolute Gasteiger partial charge is 0.269 e. The molecular formula is C12H14N2O3. The molecule has 0 atom stereocenters. The molecule has 1 aromatic carbocycles. The Morgan fingerprint density at radius 1 is 1.47 bits per heavy atom. The van der Waals surface area contributed by atoms with Crippen molar-refractivity contribution in [1.29, 1.82) is 0 Å². The Morgan fingerprint density at radius 3 is 3.00 bits per heavy atom. The minimum absolute atomic E-state index is 0.0558. The monoisotopic (exact) mass is 234 g/mol. The van der Waals surface area contributed by atoms with Crippen molar-refractivity contribution < 1.29 is 9.84 Å². The van der Waals surface area contributed by atoms with Crippen LogP contribution in [0.25, 0.3) is 11.0 Å². The molecule has 1 aromatic heterocycles. The number of ether oxygens (including phenoxy) is 1. The predicted molar refractivity (Wildman–Crippen MR) is 64.3 cm³/mol. The van der Waals surface area contributed by atoms with Gasteiger partial charge in [0.05, 0.1) is 24.3 Å². The predicted octanol–water partition coefficient (Wildman–Crippen LogP) is 0.787. The van der Waals surface area contributed by atoms with Gasteiger partial charge in [-0.15, -0.1) is 0 Å². The van der Waals surface area contributed by atoms with Gasteiger partial charge in [0, 0.05) is 19.2 Å². The van der Waals surface area contributed by atoms with E-state index in [0.29, 0.717) is 18.7 Å². The van der Waals surface area contributed by atoms with Gasteiger partial charge in [-0.1, -0.05) is 0 Å². The van der Waals surface area contributed by atoms with Crippen LogP contribution in [0.15, 0.2) is 29.2 Å². The number of rotatable bonds is 4. The summed E-state index contributed by atoms with van der Waals surface area (Å²) in [5, 5.41) is 8.84. The van der Waals surface area contributed by atoms with Crippen LogP contribution in [-0.4, -0.2) is 28.4 Å². The van der Waals surface area contributed by atoms with E-state index in [1.165, 1.54) is 6.20 Å². The minimum Gasteiger partial charge on any atom is -0.497 e. The number of aryl methyl sites for hydroxylation is 1. The van der Waals surface area contributed by atoms with Crippen molar-refractivity contribution >= 4 is 11.0 Å². The van der Waals surface area contributed by atoms with Gasteiger partial charge in [-0.2, -0.15) is 0 Å². The molecule has 0 spiro atoms. The second-order valence-corrected chi connectivity index (χ2v) is 3.68. The first-order valence-corrected chi connectivity index (χ1v) is 5.40. The van der Waals surface area contributed by atoms with E-state index < -0.39 is 0 Å². The maximum Gasteiger partial charge on any atom is 0.269 e. The van der Waals surface area contributed by atoms with Crippen LogP contribution in [-0.2, 0) is 6.54 Å². The summed E-state index contributed by atoms with van der Waals surface area (Å²) in [6.07, 6.45) is 1.84. The molecule has 0 aliphatic carbocycles. The normalized spacial score (nSPS) is 10.7. The van der Waals surface area contributed by atoms with E-state index in [0.717, 1.165) is 11.0 Å². The number of benzene rings is 1. The standard InChI is InChI=1S/C12H14N2O3/c1-17-9-3-4-10-11(7-9)14(5-2-6-15)12(16)8-13-10/h3-4,7-8,15H,2,5-6H2,1H3. The molecule has 1 heterocycles. The lowest BCUT2D eigenvalue weighted by atomic mass is 10.2.